The predicted molar refractivity (Wildman–Crippen MR) is 92.6 cm³/mol. The van der Waals surface area contributed by atoms with Crippen LogP contribution in [0.3, 0.4) is 0 Å². The normalized spacial score (nSPS) is 17.4. The number of aromatic nitrogens is 2. The van der Waals surface area contributed by atoms with Crippen molar-refractivity contribution in [3.05, 3.63) is 46.1 Å². The number of hydrogen-bond acceptors (Lipinski definition) is 5. The van der Waals surface area contributed by atoms with E-state index in [1.54, 1.807) is 0 Å². The van der Waals surface area contributed by atoms with E-state index in [1.165, 1.54) is 16.7 Å². The second-order valence-corrected chi connectivity index (χ2v) is 7.19. The van der Waals surface area contributed by atoms with Gasteiger partial charge in [-0.05, 0) is 49.8 Å². The van der Waals surface area contributed by atoms with Crippen molar-refractivity contribution in [3.8, 4) is 0 Å². The molecule has 0 bridgehead atoms. The Morgan fingerprint density at radius 2 is 2.20 bits per heavy atom. The lowest BCUT2D eigenvalue weighted by molar-refractivity contribution is -0.122. The van der Waals surface area contributed by atoms with Crippen molar-refractivity contribution in [1.29, 1.82) is 0 Å². The number of nitrogens with zero attached hydrogens (tertiary/aromatic N) is 3. The van der Waals surface area contributed by atoms with E-state index in [0.29, 0.717) is 6.54 Å². The minimum atomic E-state index is 0.188. The predicted octanol–water partition coefficient (Wildman–Crippen LogP) is 2.27. The van der Waals surface area contributed by atoms with Crippen LogP contribution >= 0.6 is 0 Å². The number of hydrogen-bond donors (Lipinski definition) is 1. The maximum Gasteiger partial charge on any atom is 0.223 e. The Bertz CT molecular complexity index is 775. The van der Waals surface area contributed by atoms with Crippen LogP contribution in [0.1, 0.15) is 46.5 Å². The summed E-state index contributed by atoms with van der Waals surface area (Å²) >= 11 is 0. The molecule has 3 heterocycles. The van der Waals surface area contributed by atoms with Gasteiger partial charge in [0, 0.05) is 50.1 Å². The molecule has 1 N–H and O–H groups in total. The zero-order valence-corrected chi connectivity index (χ0v) is 14.8. The van der Waals surface area contributed by atoms with Crippen molar-refractivity contribution >= 4 is 5.91 Å². The van der Waals surface area contributed by atoms with E-state index >= 15 is 0 Å². The third-order valence-corrected chi connectivity index (χ3v) is 5.27. The van der Waals surface area contributed by atoms with Gasteiger partial charge in [0.25, 0.3) is 0 Å². The highest BCUT2D eigenvalue weighted by Gasteiger charge is 2.29. The van der Waals surface area contributed by atoms with Gasteiger partial charge in [0.15, 0.2) is 0 Å². The Kier molecular flexibility index (Phi) is 4.29. The third-order valence-electron chi connectivity index (χ3n) is 5.27. The Hall–Kier alpha value is -2.21. The summed E-state index contributed by atoms with van der Waals surface area (Å²) in [5, 5.41) is 7.11. The van der Waals surface area contributed by atoms with Crippen LogP contribution in [0.25, 0.3) is 0 Å². The monoisotopic (exact) mass is 340 g/mol. The highest BCUT2D eigenvalue weighted by Crippen LogP contribution is 2.29. The molecule has 1 saturated carbocycles. The summed E-state index contributed by atoms with van der Waals surface area (Å²) in [4.78, 5) is 18.7. The molecule has 0 saturated heterocycles. The fraction of sp³-hybridized carbons (Fsp3) is 0.526. The van der Waals surface area contributed by atoms with Gasteiger partial charge in [0.1, 0.15) is 5.76 Å². The number of amides is 1. The number of fused-ring (bicyclic) bond motifs is 1. The Morgan fingerprint density at radius 1 is 1.36 bits per heavy atom. The molecule has 0 atom stereocenters. The summed E-state index contributed by atoms with van der Waals surface area (Å²) in [6.07, 6.45) is 6.91. The standard InChI is InChI=1S/C19H24N4O2/c1-12-18(13(2)25-22-12)11-23-6-5-17-15(7-20-8-16(17)10-23)9-21-19(24)14-3-4-14/h7-8,14H,3-6,9-11H2,1-2H3,(H,21,24). The SMILES string of the molecule is Cc1noc(C)c1CN1CCc2c(CNC(=O)C3CC3)cncc2C1. The third kappa shape index (κ3) is 3.44. The molecule has 0 unspecified atom stereocenters. The van der Waals surface area contributed by atoms with Crippen LogP contribution < -0.4 is 5.32 Å². The first-order valence-electron chi connectivity index (χ1n) is 8.98. The van der Waals surface area contributed by atoms with Crippen LogP contribution in [0.15, 0.2) is 16.9 Å². The summed E-state index contributed by atoms with van der Waals surface area (Å²) in [6.45, 7) is 7.27. The van der Waals surface area contributed by atoms with Gasteiger partial charge in [0.2, 0.25) is 5.91 Å². The van der Waals surface area contributed by atoms with E-state index < -0.39 is 0 Å². The van der Waals surface area contributed by atoms with E-state index in [0.717, 1.165) is 55.9 Å². The van der Waals surface area contributed by atoms with E-state index in [4.69, 9.17) is 4.52 Å². The van der Waals surface area contributed by atoms with Crippen LogP contribution in [0.4, 0.5) is 0 Å². The van der Waals surface area contributed by atoms with Crippen molar-refractivity contribution in [2.75, 3.05) is 6.54 Å². The summed E-state index contributed by atoms with van der Waals surface area (Å²) in [6, 6.07) is 0. The van der Waals surface area contributed by atoms with Crippen molar-refractivity contribution in [1.82, 2.24) is 20.4 Å². The van der Waals surface area contributed by atoms with Gasteiger partial charge in [-0.15, -0.1) is 0 Å². The minimum absolute atomic E-state index is 0.188. The zero-order valence-electron chi connectivity index (χ0n) is 14.8. The first-order chi connectivity index (χ1) is 12.1. The van der Waals surface area contributed by atoms with E-state index in [-0.39, 0.29) is 11.8 Å². The van der Waals surface area contributed by atoms with Gasteiger partial charge in [-0.3, -0.25) is 14.7 Å². The van der Waals surface area contributed by atoms with Crippen LogP contribution in [0.2, 0.25) is 0 Å². The van der Waals surface area contributed by atoms with Gasteiger partial charge in [0.05, 0.1) is 5.69 Å². The lowest BCUT2D eigenvalue weighted by atomic mass is 9.96. The minimum Gasteiger partial charge on any atom is -0.361 e. The lowest BCUT2D eigenvalue weighted by Gasteiger charge is -2.29. The first kappa shape index (κ1) is 16.3. The quantitative estimate of drug-likeness (QED) is 0.904. The van der Waals surface area contributed by atoms with Crippen LogP contribution in [-0.2, 0) is 30.8 Å². The molecular weight excluding hydrogens is 316 g/mol. The van der Waals surface area contributed by atoms with Gasteiger partial charge in [-0.25, -0.2) is 0 Å². The summed E-state index contributed by atoms with van der Waals surface area (Å²) in [7, 11) is 0. The molecule has 2 aromatic rings. The number of pyridine rings is 1. The van der Waals surface area contributed by atoms with Gasteiger partial charge >= 0.3 is 0 Å². The molecule has 0 aromatic carbocycles. The average Bonchev–Trinajstić information content (AvgIpc) is 3.42. The first-order valence-corrected chi connectivity index (χ1v) is 8.98. The number of nitrogens with one attached hydrogen (secondary N) is 1. The van der Waals surface area contributed by atoms with Crippen molar-refractivity contribution in [2.45, 2.75) is 52.7 Å². The molecule has 1 aliphatic carbocycles. The molecule has 132 valence electrons. The van der Waals surface area contributed by atoms with Gasteiger partial charge in [-0.1, -0.05) is 5.16 Å². The molecule has 6 heteroatoms. The van der Waals surface area contributed by atoms with E-state index in [2.05, 4.69) is 20.4 Å². The maximum absolute atomic E-state index is 11.9. The molecule has 25 heavy (non-hydrogen) atoms. The molecule has 2 aliphatic rings. The number of aryl methyl sites for hydroxylation is 2. The molecule has 6 nitrogen and oxygen atoms in total. The lowest BCUT2D eigenvalue weighted by Crippen LogP contribution is -2.32. The molecule has 0 spiro atoms. The molecule has 4 rings (SSSR count). The molecule has 1 aliphatic heterocycles. The van der Waals surface area contributed by atoms with Crippen molar-refractivity contribution < 1.29 is 9.32 Å². The van der Waals surface area contributed by atoms with E-state index in [9.17, 15) is 4.79 Å². The summed E-state index contributed by atoms with van der Waals surface area (Å²) in [5.74, 6) is 1.34. The number of carbonyl (C=O) groups is 1. The molecule has 1 fully saturated rings. The van der Waals surface area contributed by atoms with Crippen LogP contribution in [-0.4, -0.2) is 27.5 Å². The van der Waals surface area contributed by atoms with Crippen LogP contribution in [0, 0.1) is 19.8 Å². The Balaban J connectivity index is 1.44. The number of carbonyl (C=O) groups excluding carboxylic acids is 1. The van der Waals surface area contributed by atoms with Crippen LogP contribution in [0.5, 0.6) is 0 Å². The molecular formula is C19H24N4O2. The Labute approximate surface area is 147 Å². The largest absolute Gasteiger partial charge is 0.361 e. The van der Waals surface area contributed by atoms with Crippen molar-refractivity contribution in [2.24, 2.45) is 5.92 Å². The van der Waals surface area contributed by atoms with Gasteiger partial charge in [-0.2, -0.15) is 0 Å². The van der Waals surface area contributed by atoms with Crippen molar-refractivity contribution in [3.63, 3.8) is 0 Å². The van der Waals surface area contributed by atoms with Gasteiger partial charge < -0.3 is 9.84 Å². The number of rotatable bonds is 5. The fourth-order valence-electron chi connectivity index (χ4n) is 3.54. The fourth-order valence-corrected chi connectivity index (χ4v) is 3.54. The summed E-state index contributed by atoms with van der Waals surface area (Å²) < 4.78 is 5.27. The summed E-state index contributed by atoms with van der Waals surface area (Å²) in [5.41, 5.74) is 5.92. The Morgan fingerprint density at radius 3 is 2.92 bits per heavy atom. The maximum atomic E-state index is 11.9. The zero-order chi connectivity index (χ0) is 17.4. The van der Waals surface area contributed by atoms with E-state index in [1.807, 2.05) is 26.2 Å². The topological polar surface area (TPSA) is 71.3 Å². The molecule has 2 aromatic heterocycles. The second-order valence-electron chi connectivity index (χ2n) is 7.19. The molecule has 0 radical (unpaired) electrons. The second kappa shape index (κ2) is 6.59. The molecule has 1 amide bonds. The average molecular weight is 340 g/mol. The smallest absolute Gasteiger partial charge is 0.223 e. The highest BCUT2D eigenvalue weighted by molar-refractivity contribution is 5.80. The highest BCUT2D eigenvalue weighted by atomic mass is 16.5.